The molecule has 1 aromatic rings. The number of aromatic nitrogens is 2. The highest BCUT2D eigenvalue weighted by molar-refractivity contribution is 5.03. The van der Waals surface area contributed by atoms with E-state index in [0.717, 1.165) is 5.69 Å². The van der Waals surface area contributed by atoms with E-state index >= 15 is 0 Å². The summed E-state index contributed by atoms with van der Waals surface area (Å²) in [6, 6.07) is 1.93. The normalized spacial score (nSPS) is 24.1. The van der Waals surface area contributed by atoms with Crippen LogP contribution in [0.15, 0.2) is 12.3 Å². The minimum atomic E-state index is -0.215. The first-order chi connectivity index (χ1) is 11.9. The molecule has 8 heteroatoms. The molecule has 2 rings (SSSR count). The lowest BCUT2D eigenvalue weighted by molar-refractivity contribution is -0.0628. The van der Waals surface area contributed by atoms with Crippen molar-refractivity contribution >= 4 is 0 Å². The van der Waals surface area contributed by atoms with Gasteiger partial charge in [0.1, 0.15) is 6.10 Å². The Balaban J connectivity index is 1.76. The first-order valence-corrected chi connectivity index (χ1v) is 8.36. The topological polar surface area (TPSA) is 73.2 Å². The molecule has 0 aromatic carbocycles. The van der Waals surface area contributed by atoms with Crippen LogP contribution in [0.3, 0.4) is 0 Å². The summed E-state index contributed by atoms with van der Waals surface area (Å²) in [5, 5.41) is 4.39. The second-order valence-corrected chi connectivity index (χ2v) is 5.30. The fraction of sp³-hybridized carbons (Fsp3) is 0.812. The van der Waals surface area contributed by atoms with Gasteiger partial charge >= 0.3 is 0 Å². The van der Waals surface area contributed by atoms with Crippen LogP contribution in [0, 0.1) is 0 Å². The van der Waals surface area contributed by atoms with Crippen molar-refractivity contribution in [3.05, 3.63) is 18.0 Å². The standard InChI is InChI=1S/C16H28N2O6/c1-18-3-2-15(17-18)16-14-23-11-10-21-7-6-19-4-5-20-8-9-22-12-13-24-16/h2-3,16H,4-14H2,1H3. The zero-order chi connectivity index (χ0) is 16.9. The van der Waals surface area contributed by atoms with Crippen LogP contribution >= 0.6 is 0 Å². The largest absolute Gasteiger partial charge is 0.377 e. The van der Waals surface area contributed by atoms with Crippen molar-refractivity contribution in [3.8, 4) is 0 Å². The molecule has 0 radical (unpaired) electrons. The van der Waals surface area contributed by atoms with Gasteiger partial charge in [0.05, 0.1) is 78.4 Å². The Bertz CT molecular complexity index is 410. The Kier molecular flexibility index (Phi) is 9.93. The molecule has 24 heavy (non-hydrogen) atoms. The van der Waals surface area contributed by atoms with Crippen LogP contribution in [-0.2, 0) is 35.5 Å². The molecule has 1 atom stereocenters. The number of aryl methyl sites for hydroxylation is 1. The van der Waals surface area contributed by atoms with Crippen molar-refractivity contribution in [1.29, 1.82) is 0 Å². The molecular weight excluding hydrogens is 316 g/mol. The van der Waals surface area contributed by atoms with E-state index in [1.54, 1.807) is 4.68 Å². The summed E-state index contributed by atoms with van der Waals surface area (Å²) >= 11 is 0. The van der Waals surface area contributed by atoms with E-state index in [1.165, 1.54) is 0 Å². The number of hydrogen-bond acceptors (Lipinski definition) is 7. The molecule has 1 unspecified atom stereocenters. The van der Waals surface area contributed by atoms with Gasteiger partial charge in [0, 0.05) is 13.2 Å². The van der Waals surface area contributed by atoms with Crippen LogP contribution in [0.1, 0.15) is 11.8 Å². The van der Waals surface area contributed by atoms with Gasteiger partial charge in [-0.1, -0.05) is 0 Å². The van der Waals surface area contributed by atoms with Gasteiger partial charge in [-0.3, -0.25) is 4.68 Å². The van der Waals surface area contributed by atoms with E-state index < -0.39 is 0 Å². The summed E-state index contributed by atoms with van der Waals surface area (Å²) < 4.78 is 35.0. The predicted octanol–water partition coefficient (Wildman–Crippen LogP) is 0.574. The molecule has 2 heterocycles. The van der Waals surface area contributed by atoms with Crippen LogP contribution in [0.4, 0.5) is 0 Å². The van der Waals surface area contributed by atoms with Crippen LogP contribution in [0.2, 0.25) is 0 Å². The van der Waals surface area contributed by atoms with Gasteiger partial charge < -0.3 is 28.4 Å². The smallest absolute Gasteiger partial charge is 0.125 e. The third-order valence-electron chi connectivity index (χ3n) is 3.37. The highest BCUT2D eigenvalue weighted by Gasteiger charge is 2.15. The van der Waals surface area contributed by atoms with Gasteiger partial charge in [-0.2, -0.15) is 5.10 Å². The Morgan fingerprint density at radius 2 is 1.29 bits per heavy atom. The molecule has 1 aliphatic rings. The van der Waals surface area contributed by atoms with E-state index in [2.05, 4.69) is 5.10 Å². The van der Waals surface area contributed by atoms with Crippen LogP contribution < -0.4 is 0 Å². The summed E-state index contributed by atoms with van der Waals surface area (Å²) in [5.41, 5.74) is 0.851. The first-order valence-electron chi connectivity index (χ1n) is 8.36. The second kappa shape index (κ2) is 12.3. The zero-order valence-corrected chi connectivity index (χ0v) is 14.4. The molecule has 1 aromatic heterocycles. The van der Waals surface area contributed by atoms with Gasteiger partial charge in [-0.05, 0) is 6.07 Å². The summed E-state index contributed by atoms with van der Waals surface area (Å²) in [7, 11) is 1.88. The number of ether oxygens (including phenoxy) is 6. The number of rotatable bonds is 1. The monoisotopic (exact) mass is 344 g/mol. The molecule has 0 bridgehead atoms. The molecule has 1 saturated heterocycles. The van der Waals surface area contributed by atoms with Gasteiger partial charge in [-0.15, -0.1) is 0 Å². The molecule has 1 aliphatic heterocycles. The maximum absolute atomic E-state index is 5.86. The minimum Gasteiger partial charge on any atom is -0.377 e. The molecule has 138 valence electrons. The van der Waals surface area contributed by atoms with Crippen molar-refractivity contribution in [2.24, 2.45) is 7.05 Å². The van der Waals surface area contributed by atoms with Crippen molar-refractivity contribution in [3.63, 3.8) is 0 Å². The average molecular weight is 344 g/mol. The fourth-order valence-corrected chi connectivity index (χ4v) is 2.14. The van der Waals surface area contributed by atoms with Crippen molar-refractivity contribution in [1.82, 2.24) is 9.78 Å². The van der Waals surface area contributed by atoms with Crippen LogP contribution in [0.5, 0.6) is 0 Å². The Labute approximate surface area is 142 Å². The predicted molar refractivity (Wildman–Crippen MR) is 86.0 cm³/mol. The lowest BCUT2D eigenvalue weighted by atomic mass is 10.3. The third kappa shape index (κ3) is 8.18. The first kappa shape index (κ1) is 19.3. The summed E-state index contributed by atoms with van der Waals surface area (Å²) in [4.78, 5) is 0. The molecule has 8 nitrogen and oxygen atoms in total. The van der Waals surface area contributed by atoms with Crippen molar-refractivity contribution in [2.75, 3.05) is 72.7 Å². The Hall–Kier alpha value is -1.03. The van der Waals surface area contributed by atoms with Crippen LogP contribution in [0.25, 0.3) is 0 Å². The molecule has 0 spiro atoms. The van der Waals surface area contributed by atoms with Crippen molar-refractivity contribution < 1.29 is 28.4 Å². The lowest BCUT2D eigenvalue weighted by Gasteiger charge is -2.17. The van der Waals surface area contributed by atoms with Gasteiger partial charge in [0.2, 0.25) is 0 Å². The number of hydrogen-bond donors (Lipinski definition) is 0. The quantitative estimate of drug-likeness (QED) is 0.737. The second-order valence-electron chi connectivity index (χ2n) is 5.30. The minimum absolute atomic E-state index is 0.215. The fourth-order valence-electron chi connectivity index (χ4n) is 2.14. The van der Waals surface area contributed by atoms with Gasteiger partial charge in [0.25, 0.3) is 0 Å². The third-order valence-corrected chi connectivity index (χ3v) is 3.37. The average Bonchev–Trinajstić information content (AvgIpc) is 3.01. The van der Waals surface area contributed by atoms with Gasteiger partial charge in [0.15, 0.2) is 0 Å². The van der Waals surface area contributed by atoms with E-state index in [-0.39, 0.29) is 6.10 Å². The molecule has 1 fully saturated rings. The highest BCUT2D eigenvalue weighted by atomic mass is 16.6. The molecular formula is C16H28N2O6. The SMILES string of the molecule is Cn1ccc(C2COCCOCCOCCOCCOCCO2)n1. The highest BCUT2D eigenvalue weighted by Crippen LogP contribution is 2.15. The Morgan fingerprint density at radius 3 is 1.79 bits per heavy atom. The zero-order valence-electron chi connectivity index (χ0n) is 14.4. The van der Waals surface area contributed by atoms with E-state index in [9.17, 15) is 0 Å². The number of nitrogens with zero attached hydrogens (tertiary/aromatic N) is 2. The summed E-state index contributed by atoms with van der Waals surface area (Å²) in [5.74, 6) is 0. The van der Waals surface area contributed by atoms with E-state index in [1.807, 2.05) is 19.3 Å². The van der Waals surface area contributed by atoms with E-state index in [4.69, 9.17) is 28.4 Å². The maximum atomic E-state index is 5.86. The van der Waals surface area contributed by atoms with Crippen LogP contribution in [-0.4, -0.2) is 82.5 Å². The van der Waals surface area contributed by atoms with Crippen molar-refractivity contribution in [2.45, 2.75) is 6.10 Å². The molecule has 0 saturated carbocycles. The lowest BCUT2D eigenvalue weighted by Crippen LogP contribution is -2.19. The maximum Gasteiger partial charge on any atom is 0.125 e. The molecule has 0 aliphatic carbocycles. The Morgan fingerprint density at radius 1 is 0.792 bits per heavy atom. The summed E-state index contributed by atoms with van der Waals surface area (Å²) in [6.45, 7) is 5.76. The van der Waals surface area contributed by atoms with Gasteiger partial charge in [-0.25, -0.2) is 0 Å². The molecule has 0 amide bonds. The molecule has 0 N–H and O–H groups in total. The summed E-state index contributed by atoms with van der Waals surface area (Å²) in [6.07, 6.45) is 1.68. The van der Waals surface area contributed by atoms with E-state index in [0.29, 0.717) is 72.7 Å².